The molecule has 0 atom stereocenters. The fourth-order valence-electron chi connectivity index (χ4n) is 2.55. The number of aromatic hydroxyl groups is 3. The van der Waals surface area contributed by atoms with E-state index >= 15 is 0 Å². The van der Waals surface area contributed by atoms with Gasteiger partial charge in [0.1, 0.15) is 11.5 Å². The Hall–Kier alpha value is -3.41. The number of allylic oxidation sites excluding steroid dienone is 2. The van der Waals surface area contributed by atoms with Crippen LogP contribution in [0.2, 0.25) is 0 Å². The topological polar surface area (TPSA) is 107 Å². The Kier molecular flexibility index (Phi) is 6.13. The molecule has 6 heteroatoms. The predicted octanol–water partition coefficient (Wildman–Crippen LogP) is 3.95. The number of methoxy groups -OCH3 is 1. The second kappa shape index (κ2) is 8.31. The van der Waals surface area contributed by atoms with Crippen molar-refractivity contribution in [2.45, 2.75) is 20.3 Å². The molecule has 0 saturated heterocycles. The van der Waals surface area contributed by atoms with Crippen molar-refractivity contribution in [1.82, 2.24) is 0 Å². The molecule has 2 aromatic rings. The average molecular weight is 370 g/mol. The molecule has 0 unspecified atom stereocenters. The molecule has 2 rings (SSSR count). The molecule has 0 spiro atoms. The molecule has 0 heterocycles. The predicted molar refractivity (Wildman–Crippen MR) is 103 cm³/mol. The number of ether oxygens (including phenoxy) is 1. The number of phenolic OH excluding ortho intramolecular Hbond substituents is 3. The first kappa shape index (κ1) is 19.9. The first-order valence-electron chi connectivity index (χ1n) is 8.23. The van der Waals surface area contributed by atoms with Crippen LogP contribution in [0.1, 0.15) is 30.5 Å². The zero-order chi connectivity index (χ0) is 20.1. The Morgan fingerprint density at radius 1 is 1.04 bits per heavy atom. The van der Waals surface area contributed by atoms with Gasteiger partial charge in [-0.1, -0.05) is 17.7 Å². The standard InChI is InChI=1S/C21H22O6/c1-12(2)4-6-15-18(23)10-14(11-20(15)27-3)16(21(25)26)8-13-5-7-17(22)19(24)9-13/h4-5,7-11,22-24H,6H2,1-3H3,(H,25,26)/b16-8+. The molecule has 27 heavy (non-hydrogen) atoms. The molecule has 6 nitrogen and oxygen atoms in total. The minimum absolute atomic E-state index is 0.0671. The fourth-order valence-corrected chi connectivity index (χ4v) is 2.55. The maximum atomic E-state index is 11.8. The second-order valence-corrected chi connectivity index (χ2v) is 6.27. The summed E-state index contributed by atoms with van der Waals surface area (Å²) in [6, 6.07) is 6.91. The molecule has 2 aromatic carbocycles. The van der Waals surface area contributed by atoms with E-state index in [2.05, 4.69) is 0 Å². The number of carboxylic acids is 1. The molecule has 0 fully saturated rings. The van der Waals surface area contributed by atoms with Crippen molar-refractivity contribution >= 4 is 17.6 Å². The van der Waals surface area contributed by atoms with Crippen LogP contribution in [0, 0.1) is 0 Å². The van der Waals surface area contributed by atoms with Crippen molar-refractivity contribution in [2.75, 3.05) is 7.11 Å². The van der Waals surface area contributed by atoms with Crippen molar-refractivity contribution in [1.29, 1.82) is 0 Å². The highest BCUT2D eigenvalue weighted by Gasteiger charge is 2.17. The lowest BCUT2D eigenvalue weighted by Gasteiger charge is -2.13. The molecule has 0 aromatic heterocycles. The van der Waals surface area contributed by atoms with Crippen LogP contribution in [0.15, 0.2) is 42.0 Å². The summed E-state index contributed by atoms with van der Waals surface area (Å²) in [4.78, 5) is 11.8. The maximum absolute atomic E-state index is 11.8. The highest BCUT2D eigenvalue weighted by molar-refractivity contribution is 6.20. The van der Waals surface area contributed by atoms with Crippen LogP contribution in [0.5, 0.6) is 23.0 Å². The molecule has 0 aliphatic heterocycles. The SMILES string of the molecule is COc1cc(/C(=C\c2ccc(O)c(O)c2)C(=O)O)cc(O)c1CC=C(C)C. The summed E-state index contributed by atoms with van der Waals surface area (Å²) in [5, 5.41) is 39.0. The zero-order valence-corrected chi connectivity index (χ0v) is 15.4. The molecule has 142 valence electrons. The van der Waals surface area contributed by atoms with Gasteiger partial charge in [0.15, 0.2) is 11.5 Å². The molecular weight excluding hydrogens is 348 g/mol. The number of rotatable bonds is 6. The van der Waals surface area contributed by atoms with E-state index in [1.54, 1.807) is 6.07 Å². The van der Waals surface area contributed by atoms with Crippen LogP contribution in [0.4, 0.5) is 0 Å². The van der Waals surface area contributed by atoms with Crippen LogP contribution in [-0.4, -0.2) is 33.5 Å². The van der Waals surface area contributed by atoms with Gasteiger partial charge in [0.05, 0.1) is 12.7 Å². The van der Waals surface area contributed by atoms with Crippen molar-refractivity contribution in [3.8, 4) is 23.0 Å². The third-order valence-corrected chi connectivity index (χ3v) is 3.97. The highest BCUT2D eigenvalue weighted by Crippen LogP contribution is 2.35. The van der Waals surface area contributed by atoms with Gasteiger partial charge in [-0.3, -0.25) is 0 Å². The Bertz CT molecular complexity index is 921. The van der Waals surface area contributed by atoms with Gasteiger partial charge in [-0.15, -0.1) is 0 Å². The van der Waals surface area contributed by atoms with E-state index in [0.29, 0.717) is 23.3 Å². The number of benzene rings is 2. The van der Waals surface area contributed by atoms with E-state index in [1.807, 2.05) is 19.9 Å². The number of hydrogen-bond donors (Lipinski definition) is 4. The zero-order valence-electron chi connectivity index (χ0n) is 15.4. The van der Waals surface area contributed by atoms with Crippen molar-refractivity contribution in [3.63, 3.8) is 0 Å². The lowest BCUT2D eigenvalue weighted by atomic mass is 9.98. The first-order valence-corrected chi connectivity index (χ1v) is 8.23. The smallest absolute Gasteiger partial charge is 0.336 e. The van der Waals surface area contributed by atoms with Crippen molar-refractivity contribution in [2.24, 2.45) is 0 Å². The average Bonchev–Trinajstić information content (AvgIpc) is 2.60. The third-order valence-electron chi connectivity index (χ3n) is 3.97. The van der Waals surface area contributed by atoms with Gasteiger partial charge in [0.25, 0.3) is 0 Å². The van der Waals surface area contributed by atoms with Crippen LogP contribution in [0.3, 0.4) is 0 Å². The van der Waals surface area contributed by atoms with Crippen molar-refractivity contribution in [3.05, 3.63) is 58.7 Å². The number of carbonyl (C=O) groups is 1. The van der Waals surface area contributed by atoms with Crippen molar-refractivity contribution < 1.29 is 30.0 Å². The summed E-state index contributed by atoms with van der Waals surface area (Å²) in [7, 11) is 1.45. The Morgan fingerprint density at radius 2 is 1.74 bits per heavy atom. The first-order chi connectivity index (χ1) is 12.7. The lowest BCUT2D eigenvalue weighted by Crippen LogP contribution is -2.02. The summed E-state index contributed by atoms with van der Waals surface area (Å²) in [5.74, 6) is -1.55. The fraction of sp³-hybridized carbons (Fsp3) is 0.190. The van der Waals surface area contributed by atoms with Crippen LogP contribution in [-0.2, 0) is 11.2 Å². The summed E-state index contributed by atoms with van der Waals surface area (Å²) >= 11 is 0. The van der Waals surface area contributed by atoms with Crippen LogP contribution >= 0.6 is 0 Å². The van der Waals surface area contributed by atoms with E-state index in [-0.39, 0.29) is 28.4 Å². The molecule has 0 amide bonds. The van der Waals surface area contributed by atoms with E-state index < -0.39 is 5.97 Å². The molecule has 0 aliphatic carbocycles. The molecular formula is C21H22O6. The Morgan fingerprint density at radius 3 is 2.30 bits per heavy atom. The third kappa shape index (κ3) is 4.82. The summed E-state index contributed by atoms with van der Waals surface area (Å²) in [5.41, 5.74) is 2.19. The van der Waals surface area contributed by atoms with Gasteiger partial charge in [-0.25, -0.2) is 4.79 Å². The monoisotopic (exact) mass is 370 g/mol. The number of aliphatic carboxylic acids is 1. The summed E-state index contributed by atoms with van der Waals surface area (Å²) < 4.78 is 5.33. The second-order valence-electron chi connectivity index (χ2n) is 6.27. The van der Waals surface area contributed by atoms with E-state index in [4.69, 9.17) is 4.74 Å². The molecule has 0 saturated carbocycles. The van der Waals surface area contributed by atoms with Gasteiger partial charge in [0.2, 0.25) is 0 Å². The normalized spacial score (nSPS) is 11.1. The quantitative estimate of drug-likeness (QED) is 0.265. The highest BCUT2D eigenvalue weighted by atomic mass is 16.5. The van der Waals surface area contributed by atoms with E-state index in [0.717, 1.165) is 5.57 Å². The molecule has 4 N–H and O–H groups in total. The Labute approximate surface area is 157 Å². The van der Waals surface area contributed by atoms with Gasteiger partial charge in [-0.05, 0) is 61.7 Å². The maximum Gasteiger partial charge on any atom is 0.336 e. The van der Waals surface area contributed by atoms with E-state index in [1.165, 1.54) is 37.5 Å². The largest absolute Gasteiger partial charge is 0.507 e. The Balaban J connectivity index is 2.56. The van der Waals surface area contributed by atoms with Crippen LogP contribution < -0.4 is 4.74 Å². The van der Waals surface area contributed by atoms with Gasteiger partial charge >= 0.3 is 5.97 Å². The molecule has 0 aliphatic rings. The lowest BCUT2D eigenvalue weighted by molar-refractivity contribution is -0.130. The number of carboxylic acid groups (broad SMARTS) is 1. The van der Waals surface area contributed by atoms with Crippen LogP contribution in [0.25, 0.3) is 11.6 Å². The summed E-state index contributed by atoms with van der Waals surface area (Å²) in [6.07, 6.45) is 3.73. The number of phenols is 3. The van der Waals surface area contributed by atoms with Gasteiger partial charge in [-0.2, -0.15) is 0 Å². The summed E-state index contributed by atoms with van der Waals surface area (Å²) in [6.45, 7) is 3.88. The minimum Gasteiger partial charge on any atom is -0.507 e. The minimum atomic E-state index is -1.21. The number of hydrogen-bond acceptors (Lipinski definition) is 5. The molecule has 0 bridgehead atoms. The van der Waals surface area contributed by atoms with E-state index in [9.17, 15) is 25.2 Å². The molecule has 0 radical (unpaired) electrons. The van der Waals surface area contributed by atoms with Gasteiger partial charge in [0, 0.05) is 5.56 Å². The van der Waals surface area contributed by atoms with Gasteiger partial charge < -0.3 is 25.2 Å².